The van der Waals surface area contributed by atoms with Gasteiger partial charge in [0.1, 0.15) is 17.9 Å². The van der Waals surface area contributed by atoms with Crippen LogP contribution in [0.15, 0.2) is 23.0 Å². The van der Waals surface area contributed by atoms with Crippen LogP contribution in [-0.4, -0.2) is 82.6 Å². The molecule has 1 aromatic heterocycles. The Morgan fingerprint density at radius 2 is 1.75 bits per heavy atom. The van der Waals surface area contributed by atoms with Gasteiger partial charge in [0.05, 0.1) is 11.0 Å². The lowest BCUT2D eigenvalue weighted by Crippen LogP contribution is -2.44. The number of likely N-dealkylation sites (N-methyl/N-ethyl adjacent to an activating group) is 1. The first-order chi connectivity index (χ1) is 19.0. The first-order valence-corrected chi connectivity index (χ1v) is 14.6. The minimum absolute atomic E-state index is 0.207. The van der Waals surface area contributed by atoms with E-state index in [1.165, 1.54) is 10.1 Å². The molecule has 1 N–H and O–H groups in total. The van der Waals surface area contributed by atoms with Crippen LogP contribution in [0.25, 0.3) is 11.0 Å². The van der Waals surface area contributed by atoms with Crippen LogP contribution in [0.2, 0.25) is 0 Å². The van der Waals surface area contributed by atoms with E-state index in [9.17, 15) is 19.2 Å². The molecule has 2 aliphatic heterocycles. The van der Waals surface area contributed by atoms with Crippen molar-refractivity contribution in [2.24, 2.45) is 13.0 Å². The van der Waals surface area contributed by atoms with E-state index in [1.54, 1.807) is 18.7 Å². The van der Waals surface area contributed by atoms with Gasteiger partial charge in [-0.15, -0.1) is 0 Å². The third kappa shape index (κ3) is 6.77. The molecule has 0 saturated carbocycles. The van der Waals surface area contributed by atoms with Gasteiger partial charge in [-0.3, -0.25) is 13.9 Å². The highest BCUT2D eigenvalue weighted by atomic mass is 16.6. The number of carbonyl (C=O) groups is 3. The van der Waals surface area contributed by atoms with Gasteiger partial charge in [0, 0.05) is 40.2 Å². The Morgan fingerprint density at radius 3 is 2.35 bits per heavy atom. The number of rotatable bonds is 8. The van der Waals surface area contributed by atoms with Crippen LogP contribution >= 0.6 is 0 Å². The van der Waals surface area contributed by atoms with Crippen LogP contribution in [0.3, 0.4) is 0 Å². The topological polar surface area (TPSA) is 106 Å². The molecule has 0 bridgehead atoms. The smallest absolute Gasteiger partial charge is 0.410 e. The normalized spacial score (nSPS) is 18.6. The molecule has 0 spiro atoms. The number of aldehydes is 1. The van der Waals surface area contributed by atoms with E-state index >= 15 is 0 Å². The van der Waals surface area contributed by atoms with E-state index in [4.69, 9.17) is 4.74 Å². The van der Waals surface area contributed by atoms with Crippen molar-refractivity contribution in [2.45, 2.75) is 76.9 Å². The van der Waals surface area contributed by atoms with Gasteiger partial charge < -0.3 is 24.6 Å². The zero-order chi connectivity index (χ0) is 29.0. The molecule has 2 amide bonds. The summed E-state index contributed by atoms with van der Waals surface area (Å²) in [7, 11) is 3.28. The number of likely N-dealkylation sites (tertiary alicyclic amines) is 2. The standard InChI is InChI=1S/C30H45N5O5/c1-30(2,3)40-29(39)34-16-10-21(11-17-34)20-33-14-12-22(13-15-33)23-8-9-24-26(19-23)32(5)28(38)35(24)25(7-6-18-36)27(37)31-4/h8-9,18-19,21-22,25H,6-7,10-17,20H2,1-5H3,(H,31,37). The van der Waals surface area contributed by atoms with Crippen molar-refractivity contribution in [3.63, 3.8) is 0 Å². The predicted molar refractivity (Wildman–Crippen MR) is 155 cm³/mol. The number of benzene rings is 1. The Kier molecular flexibility index (Phi) is 9.38. The summed E-state index contributed by atoms with van der Waals surface area (Å²) in [5.41, 5.74) is 2.02. The van der Waals surface area contributed by atoms with Gasteiger partial charge in [0.15, 0.2) is 0 Å². The maximum absolute atomic E-state index is 13.2. The van der Waals surface area contributed by atoms with Crippen LogP contribution in [0.1, 0.15) is 76.8 Å². The lowest BCUT2D eigenvalue weighted by molar-refractivity contribution is -0.124. The summed E-state index contributed by atoms with van der Waals surface area (Å²) in [6.45, 7) is 10.3. The molecule has 1 atom stereocenters. The Labute approximate surface area is 236 Å². The van der Waals surface area contributed by atoms with Crippen molar-refractivity contribution < 1.29 is 19.1 Å². The van der Waals surface area contributed by atoms with Gasteiger partial charge in [0.2, 0.25) is 5.91 Å². The Balaban J connectivity index is 1.36. The molecule has 2 fully saturated rings. The van der Waals surface area contributed by atoms with E-state index in [0.29, 0.717) is 17.4 Å². The second-order valence-corrected chi connectivity index (χ2v) is 12.3. The number of piperidine rings is 2. The summed E-state index contributed by atoms with van der Waals surface area (Å²) in [4.78, 5) is 53.5. The number of amides is 2. The highest BCUT2D eigenvalue weighted by molar-refractivity contribution is 5.84. The number of aryl methyl sites for hydroxylation is 1. The van der Waals surface area contributed by atoms with E-state index in [0.717, 1.165) is 70.2 Å². The second kappa shape index (κ2) is 12.6. The monoisotopic (exact) mass is 555 g/mol. The van der Waals surface area contributed by atoms with Gasteiger partial charge in [-0.2, -0.15) is 0 Å². The molecule has 10 nitrogen and oxygen atoms in total. The fraction of sp³-hybridized carbons (Fsp3) is 0.667. The van der Waals surface area contributed by atoms with Gasteiger partial charge in [-0.25, -0.2) is 9.59 Å². The second-order valence-electron chi connectivity index (χ2n) is 12.3. The average molecular weight is 556 g/mol. The van der Waals surface area contributed by atoms with E-state index in [2.05, 4.69) is 22.3 Å². The van der Waals surface area contributed by atoms with Crippen molar-refractivity contribution in [1.29, 1.82) is 0 Å². The molecule has 0 radical (unpaired) electrons. The van der Waals surface area contributed by atoms with Gasteiger partial charge >= 0.3 is 11.8 Å². The lowest BCUT2D eigenvalue weighted by atomic mass is 9.88. The van der Waals surface area contributed by atoms with Crippen LogP contribution in [0.4, 0.5) is 4.79 Å². The summed E-state index contributed by atoms with van der Waals surface area (Å²) in [6, 6.07) is 5.41. The summed E-state index contributed by atoms with van der Waals surface area (Å²) in [5.74, 6) is 0.731. The zero-order valence-corrected chi connectivity index (χ0v) is 24.6. The maximum atomic E-state index is 13.2. The van der Waals surface area contributed by atoms with Gasteiger partial charge in [0.25, 0.3) is 0 Å². The number of hydrogen-bond acceptors (Lipinski definition) is 6. The molecule has 3 heterocycles. The molecule has 4 rings (SSSR count). The van der Waals surface area contributed by atoms with Crippen LogP contribution in [0.5, 0.6) is 0 Å². The largest absolute Gasteiger partial charge is 0.444 e. The minimum atomic E-state index is -0.725. The lowest BCUT2D eigenvalue weighted by Gasteiger charge is -2.38. The average Bonchev–Trinajstić information content (AvgIpc) is 3.17. The highest BCUT2D eigenvalue weighted by Crippen LogP contribution is 2.32. The molecule has 1 aromatic carbocycles. The SMILES string of the molecule is CNC(=O)C(CCC=O)n1c(=O)n(C)c2cc(C3CCN(CC4CCN(C(=O)OC(C)(C)C)CC4)CC3)ccc21. The van der Waals surface area contributed by atoms with Crippen molar-refractivity contribution in [3.05, 3.63) is 34.2 Å². The van der Waals surface area contributed by atoms with Crippen molar-refractivity contribution >= 4 is 29.3 Å². The fourth-order valence-electron chi connectivity index (χ4n) is 6.14. The molecule has 1 unspecified atom stereocenters. The minimum Gasteiger partial charge on any atom is -0.444 e. The quantitative estimate of drug-likeness (QED) is 0.501. The molecule has 2 aliphatic rings. The number of nitrogens with one attached hydrogen (secondary N) is 1. The Morgan fingerprint density at radius 1 is 1.07 bits per heavy atom. The number of carbonyl (C=O) groups excluding carboxylic acids is 3. The molecular formula is C30H45N5O5. The molecular weight excluding hydrogens is 510 g/mol. The zero-order valence-electron chi connectivity index (χ0n) is 24.6. The number of aromatic nitrogens is 2. The third-order valence-corrected chi connectivity index (χ3v) is 8.37. The highest BCUT2D eigenvalue weighted by Gasteiger charge is 2.30. The van der Waals surface area contributed by atoms with E-state index in [-0.39, 0.29) is 30.5 Å². The van der Waals surface area contributed by atoms with Crippen LogP contribution in [-0.2, 0) is 21.4 Å². The first kappa shape index (κ1) is 29.8. The molecule has 10 heteroatoms. The van der Waals surface area contributed by atoms with Crippen LogP contribution < -0.4 is 11.0 Å². The van der Waals surface area contributed by atoms with Crippen molar-refractivity contribution in [2.75, 3.05) is 39.8 Å². The summed E-state index contributed by atoms with van der Waals surface area (Å²) < 4.78 is 8.66. The van der Waals surface area contributed by atoms with Crippen molar-refractivity contribution in [3.8, 4) is 0 Å². The fourth-order valence-corrected chi connectivity index (χ4v) is 6.14. The van der Waals surface area contributed by atoms with Crippen LogP contribution in [0, 0.1) is 5.92 Å². The predicted octanol–water partition coefficient (Wildman–Crippen LogP) is 3.43. The van der Waals surface area contributed by atoms with Gasteiger partial charge in [-0.1, -0.05) is 6.07 Å². The summed E-state index contributed by atoms with van der Waals surface area (Å²) >= 11 is 0. The molecule has 0 aliphatic carbocycles. The molecule has 2 aromatic rings. The first-order valence-electron chi connectivity index (χ1n) is 14.6. The number of fused-ring (bicyclic) bond motifs is 1. The number of nitrogens with zero attached hydrogens (tertiary/aromatic N) is 4. The number of hydrogen-bond donors (Lipinski definition) is 1. The number of ether oxygens (including phenoxy) is 1. The Bertz CT molecular complexity index is 1260. The van der Waals surface area contributed by atoms with Crippen molar-refractivity contribution in [1.82, 2.24) is 24.3 Å². The molecule has 40 heavy (non-hydrogen) atoms. The summed E-state index contributed by atoms with van der Waals surface area (Å²) in [5, 5.41) is 2.63. The maximum Gasteiger partial charge on any atom is 0.410 e. The molecule has 220 valence electrons. The number of imidazole rings is 1. The third-order valence-electron chi connectivity index (χ3n) is 8.37. The summed E-state index contributed by atoms with van der Waals surface area (Å²) in [6.07, 6.45) is 5.18. The molecule has 2 saturated heterocycles. The Hall–Kier alpha value is -3.14. The van der Waals surface area contributed by atoms with E-state index in [1.807, 2.05) is 31.7 Å². The van der Waals surface area contributed by atoms with E-state index < -0.39 is 11.6 Å². The van der Waals surface area contributed by atoms with Gasteiger partial charge in [-0.05, 0) is 95.5 Å².